The normalized spacial score (nSPS) is 18.3. The van der Waals surface area contributed by atoms with Crippen molar-refractivity contribution >= 4 is 11.9 Å². The summed E-state index contributed by atoms with van der Waals surface area (Å²) in [4.78, 5) is 24.3. The monoisotopic (exact) mass is 283 g/mol. The van der Waals surface area contributed by atoms with Crippen LogP contribution in [0.4, 0.5) is 8.78 Å². The smallest absolute Gasteiger partial charge is 0.305 e. The lowest BCUT2D eigenvalue weighted by molar-refractivity contribution is -0.139. The van der Waals surface area contributed by atoms with Crippen LogP contribution in [-0.4, -0.2) is 34.5 Å². The predicted octanol–water partition coefficient (Wildman–Crippen LogP) is 1.97. The van der Waals surface area contributed by atoms with E-state index in [-0.39, 0.29) is 24.4 Å². The number of hydrogen-bond donors (Lipinski definition) is 1. The Labute approximate surface area is 115 Å². The highest BCUT2D eigenvalue weighted by atomic mass is 19.1. The van der Waals surface area contributed by atoms with E-state index in [1.807, 2.05) is 0 Å². The number of aliphatic carboxylic acids is 1. The maximum atomic E-state index is 13.5. The van der Waals surface area contributed by atoms with E-state index in [4.69, 9.17) is 5.11 Å². The van der Waals surface area contributed by atoms with Gasteiger partial charge in [-0.15, -0.1) is 0 Å². The molecule has 0 saturated carbocycles. The van der Waals surface area contributed by atoms with Gasteiger partial charge in [0.05, 0.1) is 12.8 Å². The molecule has 20 heavy (non-hydrogen) atoms. The van der Waals surface area contributed by atoms with Gasteiger partial charge in [0.25, 0.3) is 0 Å². The van der Waals surface area contributed by atoms with Gasteiger partial charge in [-0.2, -0.15) is 0 Å². The average molecular weight is 283 g/mol. The minimum Gasteiger partial charge on any atom is -0.481 e. The number of carbonyl (C=O) groups is 2. The van der Waals surface area contributed by atoms with Gasteiger partial charge in [-0.3, -0.25) is 9.59 Å². The molecule has 1 N–H and O–H groups in total. The van der Waals surface area contributed by atoms with Gasteiger partial charge < -0.3 is 10.0 Å². The lowest BCUT2D eigenvalue weighted by Crippen LogP contribution is -2.38. The van der Waals surface area contributed by atoms with Crippen molar-refractivity contribution in [1.82, 2.24) is 4.90 Å². The number of hydrogen-bond acceptors (Lipinski definition) is 2. The fourth-order valence-electron chi connectivity index (χ4n) is 2.53. The zero-order valence-electron chi connectivity index (χ0n) is 10.8. The second-order valence-electron chi connectivity index (χ2n) is 4.86. The highest BCUT2D eigenvalue weighted by molar-refractivity contribution is 5.80. The number of carboxylic acids is 1. The van der Waals surface area contributed by atoms with Gasteiger partial charge in [-0.25, -0.2) is 8.78 Å². The molecule has 1 saturated heterocycles. The van der Waals surface area contributed by atoms with Crippen molar-refractivity contribution in [2.75, 3.05) is 6.54 Å². The molecule has 0 aliphatic carbocycles. The fourth-order valence-corrected chi connectivity index (χ4v) is 2.53. The van der Waals surface area contributed by atoms with Gasteiger partial charge in [0.1, 0.15) is 11.6 Å². The van der Waals surface area contributed by atoms with Gasteiger partial charge in [0.2, 0.25) is 5.91 Å². The van der Waals surface area contributed by atoms with Gasteiger partial charge in [-0.05, 0) is 25.0 Å². The summed E-state index contributed by atoms with van der Waals surface area (Å²) in [5.74, 6) is -2.93. The van der Waals surface area contributed by atoms with E-state index < -0.39 is 23.5 Å². The maximum Gasteiger partial charge on any atom is 0.305 e. The van der Waals surface area contributed by atoms with E-state index in [1.165, 1.54) is 11.0 Å². The Kier molecular flexibility index (Phi) is 4.32. The Morgan fingerprint density at radius 3 is 2.55 bits per heavy atom. The molecule has 1 atom stereocenters. The van der Waals surface area contributed by atoms with Crippen molar-refractivity contribution in [2.24, 2.45) is 0 Å². The molecule has 0 bridgehead atoms. The standard InChI is InChI=1S/C14H15F2NO3/c15-11-4-1-5-12(16)10(11)8-13(18)17-6-2-3-9(17)7-14(19)20/h1,4-5,9H,2-3,6-8H2,(H,19,20). The molecule has 2 rings (SSSR count). The van der Waals surface area contributed by atoms with Crippen LogP contribution in [0.15, 0.2) is 18.2 Å². The maximum absolute atomic E-state index is 13.5. The first-order chi connectivity index (χ1) is 9.49. The van der Waals surface area contributed by atoms with Crippen LogP contribution < -0.4 is 0 Å². The van der Waals surface area contributed by atoms with Gasteiger partial charge in [0.15, 0.2) is 0 Å². The van der Waals surface area contributed by atoms with Crippen molar-refractivity contribution in [1.29, 1.82) is 0 Å². The largest absolute Gasteiger partial charge is 0.481 e. The summed E-state index contributed by atoms with van der Waals surface area (Å²) in [6, 6.07) is 3.06. The van der Waals surface area contributed by atoms with Gasteiger partial charge in [-0.1, -0.05) is 6.07 Å². The highest BCUT2D eigenvalue weighted by Crippen LogP contribution is 2.22. The van der Waals surface area contributed by atoms with E-state index in [0.717, 1.165) is 12.1 Å². The lowest BCUT2D eigenvalue weighted by atomic mass is 10.1. The van der Waals surface area contributed by atoms with Crippen LogP contribution in [0.1, 0.15) is 24.8 Å². The topological polar surface area (TPSA) is 57.6 Å². The molecule has 0 aromatic heterocycles. The Balaban J connectivity index is 2.09. The molecule has 1 heterocycles. The number of carbonyl (C=O) groups excluding carboxylic acids is 1. The van der Waals surface area contributed by atoms with Crippen LogP contribution in [-0.2, 0) is 16.0 Å². The zero-order valence-corrected chi connectivity index (χ0v) is 10.8. The summed E-state index contributed by atoms with van der Waals surface area (Å²) < 4.78 is 27.0. The number of benzene rings is 1. The second-order valence-corrected chi connectivity index (χ2v) is 4.86. The van der Waals surface area contributed by atoms with E-state index in [2.05, 4.69) is 0 Å². The number of nitrogens with zero attached hydrogens (tertiary/aromatic N) is 1. The van der Waals surface area contributed by atoms with Crippen LogP contribution >= 0.6 is 0 Å². The number of rotatable bonds is 4. The average Bonchev–Trinajstić information content (AvgIpc) is 2.81. The Morgan fingerprint density at radius 1 is 1.30 bits per heavy atom. The van der Waals surface area contributed by atoms with E-state index in [1.54, 1.807) is 0 Å². The molecule has 0 radical (unpaired) electrons. The van der Waals surface area contributed by atoms with Gasteiger partial charge in [0, 0.05) is 18.2 Å². The van der Waals surface area contributed by atoms with Crippen molar-refractivity contribution in [3.63, 3.8) is 0 Å². The Bertz CT molecular complexity index is 513. The van der Waals surface area contributed by atoms with Gasteiger partial charge >= 0.3 is 5.97 Å². The third-order valence-corrected chi connectivity index (χ3v) is 3.50. The summed E-state index contributed by atoms with van der Waals surface area (Å²) >= 11 is 0. The number of carboxylic acid groups (broad SMARTS) is 1. The lowest BCUT2D eigenvalue weighted by Gasteiger charge is -2.23. The van der Waals surface area contributed by atoms with E-state index >= 15 is 0 Å². The summed E-state index contributed by atoms with van der Waals surface area (Å²) in [5, 5.41) is 8.79. The minimum atomic E-state index is -0.980. The minimum absolute atomic E-state index is 0.133. The predicted molar refractivity (Wildman–Crippen MR) is 67.0 cm³/mol. The number of amides is 1. The molecule has 1 unspecified atom stereocenters. The molecular formula is C14H15F2NO3. The molecule has 1 aliphatic rings. The van der Waals surface area contributed by atoms with Crippen LogP contribution in [0.25, 0.3) is 0 Å². The molecule has 1 aliphatic heterocycles. The molecule has 1 fully saturated rings. The molecule has 108 valence electrons. The Morgan fingerprint density at radius 2 is 1.95 bits per heavy atom. The summed E-state index contributed by atoms with van der Waals surface area (Å²) in [7, 11) is 0. The SMILES string of the molecule is O=C(O)CC1CCCN1C(=O)Cc1c(F)cccc1F. The van der Waals surface area contributed by atoms with Crippen LogP contribution in [0.2, 0.25) is 0 Å². The quantitative estimate of drug-likeness (QED) is 0.919. The summed E-state index contributed by atoms with van der Waals surface area (Å²) in [6.45, 7) is 0.437. The van der Waals surface area contributed by atoms with Crippen LogP contribution in [0.5, 0.6) is 0 Å². The summed E-state index contributed by atoms with van der Waals surface area (Å²) in [5.41, 5.74) is -0.265. The van der Waals surface area contributed by atoms with Crippen LogP contribution in [0.3, 0.4) is 0 Å². The van der Waals surface area contributed by atoms with Crippen molar-refractivity contribution < 1.29 is 23.5 Å². The first kappa shape index (κ1) is 14.4. The molecule has 1 amide bonds. The third kappa shape index (κ3) is 3.12. The zero-order chi connectivity index (χ0) is 14.7. The van der Waals surface area contributed by atoms with E-state index in [9.17, 15) is 18.4 Å². The fraction of sp³-hybridized carbons (Fsp3) is 0.429. The molecule has 0 spiro atoms. The molecule has 1 aromatic rings. The Hall–Kier alpha value is -1.98. The first-order valence-corrected chi connectivity index (χ1v) is 6.43. The number of likely N-dealkylation sites (tertiary alicyclic amines) is 1. The van der Waals surface area contributed by atoms with E-state index in [0.29, 0.717) is 19.4 Å². The number of halogens is 2. The third-order valence-electron chi connectivity index (χ3n) is 3.50. The molecule has 4 nitrogen and oxygen atoms in total. The van der Waals surface area contributed by atoms with Crippen molar-refractivity contribution in [3.05, 3.63) is 35.4 Å². The first-order valence-electron chi connectivity index (χ1n) is 6.43. The highest BCUT2D eigenvalue weighted by Gasteiger charge is 2.31. The molecular weight excluding hydrogens is 268 g/mol. The summed E-state index contributed by atoms with van der Waals surface area (Å²) in [6.07, 6.45) is 0.807. The second kappa shape index (κ2) is 5.98. The van der Waals surface area contributed by atoms with Crippen molar-refractivity contribution in [2.45, 2.75) is 31.7 Å². The van der Waals surface area contributed by atoms with Crippen molar-refractivity contribution in [3.8, 4) is 0 Å². The van der Waals surface area contributed by atoms with Crippen LogP contribution in [0, 0.1) is 11.6 Å². The molecule has 1 aromatic carbocycles. The molecule has 6 heteroatoms.